The van der Waals surface area contributed by atoms with E-state index < -0.39 is 6.10 Å². The first-order valence-electron chi connectivity index (χ1n) is 9.93. The molecule has 168 valence electrons. The van der Waals surface area contributed by atoms with Crippen molar-refractivity contribution >= 4 is 29.3 Å². The second-order valence-electron chi connectivity index (χ2n) is 6.82. The molecule has 0 bridgehead atoms. The van der Waals surface area contributed by atoms with Crippen molar-refractivity contribution in [3.63, 3.8) is 0 Å². The molecule has 33 heavy (non-hydrogen) atoms. The zero-order valence-electron chi connectivity index (χ0n) is 17.5. The third-order valence-electron chi connectivity index (χ3n) is 4.58. The van der Waals surface area contributed by atoms with E-state index in [2.05, 4.69) is 30.5 Å². The first-order chi connectivity index (χ1) is 16.2. The SMILES string of the molecule is COc1ccccc1Nc1nc(N)nc(CSc2nnc([C@@H]3COc4ccccc4O3)o2)n1. The molecular weight excluding hydrogens is 446 g/mol. The molecule has 3 N–H and O–H groups in total. The number of hydrogen-bond acceptors (Lipinski definition) is 12. The fourth-order valence-corrected chi connectivity index (χ4v) is 3.73. The van der Waals surface area contributed by atoms with Gasteiger partial charge < -0.3 is 29.7 Å². The zero-order chi connectivity index (χ0) is 22.6. The van der Waals surface area contributed by atoms with Crippen molar-refractivity contribution in [2.75, 3.05) is 24.8 Å². The molecule has 4 aromatic rings. The predicted molar refractivity (Wildman–Crippen MR) is 120 cm³/mol. The number of nitrogen functional groups attached to an aromatic ring is 1. The van der Waals surface area contributed by atoms with E-state index in [1.807, 2.05) is 48.5 Å². The van der Waals surface area contributed by atoms with Crippen LogP contribution >= 0.6 is 11.8 Å². The van der Waals surface area contributed by atoms with Gasteiger partial charge >= 0.3 is 0 Å². The monoisotopic (exact) mass is 465 g/mol. The van der Waals surface area contributed by atoms with Gasteiger partial charge in [0.15, 0.2) is 11.5 Å². The van der Waals surface area contributed by atoms with E-state index >= 15 is 0 Å². The molecule has 12 heteroatoms. The predicted octanol–water partition coefficient (Wildman–Crippen LogP) is 3.39. The van der Waals surface area contributed by atoms with Gasteiger partial charge in [0.25, 0.3) is 11.1 Å². The molecule has 2 aromatic carbocycles. The molecule has 0 amide bonds. The van der Waals surface area contributed by atoms with E-state index in [4.69, 9.17) is 24.4 Å². The molecule has 11 nitrogen and oxygen atoms in total. The van der Waals surface area contributed by atoms with Gasteiger partial charge in [0.2, 0.25) is 18.0 Å². The van der Waals surface area contributed by atoms with Crippen LogP contribution in [-0.2, 0) is 5.75 Å². The molecule has 0 unspecified atom stereocenters. The Bertz CT molecular complexity index is 1270. The number of nitrogens with two attached hydrogens (primary N) is 1. The van der Waals surface area contributed by atoms with Crippen LogP contribution in [0.2, 0.25) is 0 Å². The Morgan fingerprint density at radius 3 is 2.76 bits per heavy atom. The van der Waals surface area contributed by atoms with E-state index in [0.29, 0.717) is 51.6 Å². The summed E-state index contributed by atoms with van der Waals surface area (Å²) < 4.78 is 22.7. The lowest BCUT2D eigenvalue weighted by Gasteiger charge is -2.23. The lowest BCUT2D eigenvalue weighted by atomic mass is 10.2. The number of para-hydroxylation sites is 4. The summed E-state index contributed by atoms with van der Waals surface area (Å²) in [6.45, 7) is 0.283. The van der Waals surface area contributed by atoms with Crippen LogP contribution in [0, 0.1) is 0 Å². The fraction of sp³-hybridized carbons (Fsp3) is 0.190. The molecule has 0 spiro atoms. The maximum absolute atomic E-state index is 5.90. The summed E-state index contributed by atoms with van der Waals surface area (Å²) in [4.78, 5) is 12.7. The van der Waals surface area contributed by atoms with Crippen molar-refractivity contribution in [3.05, 3.63) is 60.2 Å². The third kappa shape index (κ3) is 4.75. The molecule has 1 aliphatic rings. The second-order valence-corrected chi connectivity index (χ2v) is 7.74. The standard InChI is InChI=1S/C21H19N7O4S/c1-29-13-7-3-2-6-12(13)23-20-25-17(24-19(22)26-20)11-33-21-28-27-18(32-21)16-10-30-14-8-4-5-9-15(14)31-16/h2-9,16H,10-11H2,1H3,(H3,22,23,24,25,26)/t16-/m0/s1. The van der Waals surface area contributed by atoms with E-state index in [-0.39, 0.29) is 12.6 Å². The Morgan fingerprint density at radius 2 is 1.88 bits per heavy atom. The number of benzene rings is 2. The van der Waals surface area contributed by atoms with E-state index in [9.17, 15) is 0 Å². The molecule has 0 aliphatic carbocycles. The van der Waals surface area contributed by atoms with Crippen LogP contribution in [0.5, 0.6) is 17.2 Å². The van der Waals surface area contributed by atoms with Gasteiger partial charge in [-0.1, -0.05) is 36.0 Å². The summed E-state index contributed by atoms with van der Waals surface area (Å²) in [6.07, 6.45) is -0.480. The first kappa shape index (κ1) is 20.8. The van der Waals surface area contributed by atoms with Crippen LogP contribution in [0.25, 0.3) is 0 Å². The minimum atomic E-state index is -0.480. The van der Waals surface area contributed by atoms with Crippen molar-refractivity contribution in [1.82, 2.24) is 25.1 Å². The van der Waals surface area contributed by atoms with Gasteiger partial charge in [-0.25, -0.2) is 0 Å². The van der Waals surface area contributed by atoms with Crippen LogP contribution in [0.3, 0.4) is 0 Å². The van der Waals surface area contributed by atoms with Gasteiger partial charge in [-0.15, -0.1) is 10.2 Å². The number of rotatable bonds is 7. The van der Waals surface area contributed by atoms with Gasteiger partial charge in [0.05, 0.1) is 18.6 Å². The molecule has 0 fully saturated rings. The lowest BCUT2D eigenvalue weighted by molar-refractivity contribution is 0.0686. The summed E-state index contributed by atoms with van der Waals surface area (Å²) in [5.74, 6) is 3.51. The van der Waals surface area contributed by atoms with Crippen molar-refractivity contribution in [2.45, 2.75) is 17.1 Å². The highest BCUT2D eigenvalue weighted by Gasteiger charge is 2.27. The minimum absolute atomic E-state index is 0.0932. The number of nitrogens with zero attached hydrogens (tertiary/aromatic N) is 5. The normalized spacial score (nSPS) is 14.6. The van der Waals surface area contributed by atoms with Crippen molar-refractivity contribution < 1.29 is 18.6 Å². The number of methoxy groups -OCH3 is 1. The molecule has 1 atom stereocenters. The van der Waals surface area contributed by atoms with E-state index in [1.54, 1.807) is 7.11 Å². The molecule has 0 radical (unpaired) electrons. The Hall–Kier alpha value is -4.06. The Kier molecular flexibility index (Phi) is 5.81. The van der Waals surface area contributed by atoms with Gasteiger partial charge in [-0.3, -0.25) is 0 Å². The number of ether oxygens (including phenoxy) is 3. The molecular formula is C21H19N7O4S. The number of aromatic nitrogens is 5. The molecule has 2 aromatic heterocycles. The van der Waals surface area contributed by atoms with E-state index in [1.165, 1.54) is 11.8 Å². The largest absolute Gasteiger partial charge is 0.495 e. The molecule has 1 aliphatic heterocycles. The highest BCUT2D eigenvalue weighted by Crippen LogP contribution is 2.36. The third-order valence-corrected chi connectivity index (χ3v) is 5.40. The van der Waals surface area contributed by atoms with Crippen molar-refractivity contribution in [3.8, 4) is 17.2 Å². The van der Waals surface area contributed by atoms with Gasteiger partial charge in [-0.2, -0.15) is 15.0 Å². The van der Waals surface area contributed by atoms with Crippen LogP contribution in [-0.4, -0.2) is 38.9 Å². The number of nitrogens with one attached hydrogen (secondary N) is 1. The van der Waals surface area contributed by atoms with Gasteiger partial charge in [-0.05, 0) is 24.3 Å². The average Bonchev–Trinajstić information content (AvgIpc) is 3.32. The maximum Gasteiger partial charge on any atom is 0.277 e. The summed E-state index contributed by atoms with van der Waals surface area (Å²) in [5, 5.41) is 11.6. The quantitative estimate of drug-likeness (QED) is 0.386. The first-order valence-corrected chi connectivity index (χ1v) is 10.9. The highest BCUT2D eigenvalue weighted by atomic mass is 32.2. The maximum atomic E-state index is 5.90. The van der Waals surface area contributed by atoms with Crippen LogP contribution in [0.4, 0.5) is 17.6 Å². The van der Waals surface area contributed by atoms with Crippen LogP contribution in [0.15, 0.2) is 58.2 Å². The summed E-state index contributed by atoms with van der Waals surface area (Å²) in [6, 6.07) is 14.9. The molecule has 0 saturated heterocycles. The van der Waals surface area contributed by atoms with Gasteiger partial charge in [0.1, 0.15) is 18.2 Å². The summed E-state index contributed by atoms with van der Waals surface area (Å²) >= 11 is 1.28. The number of hydrogen-bond donors (Lipinski definition) is 2. The zero-order valence-corrected chi connectivity index (χ0v) is 18.3. The Balaban J connectivity index is 1.24. The highest BCUT2D eigenvalue weighted by molar-refractivity contribution is 7.98. The second kappa shape index (κ2) is 9.20. The average molecular weight is 465 g/mol. The van der Waals surface area contributed by atoms with E-state index in [0.717, 1.165) is 0 Å². The summed E-state index contributed by atoms with van der Waals surface area (Å²) in [7, 11) is 1.59. The molecule has 3 heterocycles. The Morgan fingerprint density at radius 1 is 1.06 bits per heavy atom. The topological polar surface area (TPSA) is 143 Å². The minimum Gasteiger partial charge on any atom is -0.495 e. The van der Waals surface area contributed by atoms with Crippen LogP contribution in [0.1, 0.15) is 17.8 Å². The molecule has 0 saturated carbocycles. The Labute approximate surface area is 192 Å². The van der Waals surface area contributed by atoms with Crippen LogP contribution < -0.4 is 25.3 Å². The lowest BCUT2D eigenvalue weighted by Crippen LogP contribution is -2.21. The summed E-state index contributed by atoms with van der Waals surface area (Å²) in [5.41, 5.74) is 6.58. The number of fused-ring (bicyclic) bond motifs is 1. The van der Waals surface area contributed by atoms with Gasteiger partial charge in [0, 0.05) is 0 Å². The van der Waals surface area contributed by atoms with Crippen molar-refractivity contribution in [2.24, 2.45) is 0 Å². The van der Waals surface area contributed by atoms with Crippen molar-refractivity contribution in [1.29, 1.82) is 0 Å². The number of anilines is 3. The fourth-order valence-electron chi connectivity index (χ4n) is 3.10. The molecule has 5 rings (SSSR count). The number of thioether (sulfide) groups is 1. The smallest absolute Gasteiger partial charge is 0.277 e.